The number of nitrogens with zero attached hydrogens (tertiary/aromatic N) is 1. The van der Waals surface area contributed by atoms with Crippen molar-refractivity contribution in [3.05, 3.63) is 0 Å². The van der Waals surface area contributed by atoms with E-state index in [-0.39, 0.29) is 0 Å². The normalized spacial score (nSPS) is 11.6. The standard InChI is InChI=1S/C12H27N3O2/c1-4-5-7-14-12(13-2)15-8-6-9-17-11-10-16-3/h4-11H2,1-3H3,(H2,13,14,15). The van der Waals surface area contributed by atoms with Gasteiger partial charge in [0.05, 0.1) is 13.2 Å². The lowest BCUT2D eigenvalue weighted by Gasteiger charge is -2.11. The van der Waals surface area contributed by atoms with Crippen LogP contribution in [0.2, 0.25) is 0 Å². The van der Waals surface area contributed by atoms with Gasteiger partial charge in [0, 0.05) is 33.9 Å². The Kier molecular flexibility index (Phi) is 12.6. The Morgan fingerprint density at radius 1 is 1.06 bits per heavy atom. The van der Waals surface area contributed by atoms with Crippen LogP contribution in [0.4, 0.5) is 0 Å². The molecule has 0 radical (unpaired) electrons. The monoisotopic (exact) mass is 245 g/mol. The van der Waals surface area contributed by atoms with E-state index in [9.17, 15) is 0 Å². The predicted molar refractivity (Wildman–Crippen MR) is 71.6 cm³/mol. The van der Waals surface area contributed by atoms with Crippen molar-refractivity contribution in [2.75, 3.05) is 47.1 Å². The summed E-state index contributed by atoms with van der Waals surface area (Å²) in [5, 5.41) is 6.51. The van der Waals surface area contributed by atoms with Gasteiger partial charge in [0.25, 0.3) is 0 Å². The zero-order chi connectivity index (χ0) is 12.8. The summed E-state index contributed by atoms with van der Waals surface area (Å²) in [6, 6.07) is 0. The highest BCUT2D eigenvalue weighted by molar-refractivity contribution is 5.79. The summed E-state index contributed by atoms with van der Waals surface area (Å²) in [4.78, 5) is 4.14. The van der Waals surface area contributed by atoms with Crippen LogP contribution < -0.4 is 10.6 Å². The number of ether oxygens (including phenoxy) is 2. The van der Waals surface area contributed by atoms with Crippen molar-refractivity contribution in [3.63, 3.8) is 0 Å². The lowest BCUT2D eigenvalue weighted by atomic mass is 10.3. The van der Waals surface area contributed by atoms with E-state index in [1.165, 1.54) is 12.8 Å². The molecule has 5 heteroatoms. The van der Waals surface area contributed by atoms with Gasteiger partial charge in [-0.1, -0.05) is 13.3 Å². The van der Waals surface area contributed by atoms with Crippen molar-refractivity contribution in [1.82, 2.24) is 10.6 Å². The summed E-state index contributed by atoms with van der Waals surface area (Å²) in [5.41, 5.74) is 0. The average Bonchev–Trinajstić information content (AvgIpc) is 2.35. The Morgan fingerprint density at radius 3 is 2.35 bits per heavy atom. The number of unbranched alkanes of at least 4 members (excludes halogenated alkanes) is 1. The summed E-state index contributed by atoms with van der Waals surface area (Å²) in [6.45, 7) is 6.10. The van der Waals surface area contributed by atoms with Crippen molar-refractivity contribution in [1.29, 1.82) is 0 Å². The first-order valence-electron chi connectivity index (χ1n) is 6.36. The number of rotatable bonds is 10. The Balaban J connectivity index is 3.32. The van der Waals surface area contributed by atoms with Gasteiger partial charge in [-0.3, -0.25) is 4.99 Å². The van der Waals surface area contributed by atoms with E-state index in [1.54, 1.807) is 14.2 Å². The molecule has 0 aromatic heterocycles. The van der Waals surface area contributed by atoms with Crippen LogP contribution in [-0.2, 0) is 9.47 Å². The highest BCUT2D eigenvalue weighted by Gasteiger charge is 1.95. The van der Waals surface area contributed by atoms with E-state index in [4.69, 9.17) is 9.47 Å². The third kappa shape index (κ3) is 11.5. The van der Waals surface area contributed by atoms with Gasteiger partial charge in [0.2, 0.25) is 0 Å². The van der Waals surface area contributed by atoms with Gasteiger partial charge in [0.15, 0.2) is 5.96 Å². The van der Waals surface area contributed by atoms with Crippen LogP contribution in [0.3, 0.4) is 0 Å². The van der Waals surface area contributed by atoms with Crippen molar-refractivity contribution in [2.24, 2.45) is 4.99 Å². The van der Waals surface area contributed by atoms with Gasteiger partial charge in [-0.05, 0) is 12.8 Å². The van der Waals surface area contributed by atoms with Crippen LogP contribution in [0.15, 0.2) is 4.99 Å². The maximum Gasteiger partial charge on any atom is 0.190 e. The second-order valence-electron chi connectivity index (χ2n) is 3.74. The molecular formula is C12H27N3O2. The fourth-order valence-electron chi connectivity index (χ4n) is 1.23. The van der Waals surface area contributed by atoms with Gasteiger partial charge in [-0.2, -0.15) is 0 Å². The Labute approximate surface area is 105 Å². The number of aliphatic imine (C=N–C) groups is 1. The molecule has 0 heterocycles. The number of guanidine groups is 1. The SMILES string of the molecule is CCCCNC(=NC)NCCCOCCOC. The topological polar surface area (TPSA) is 54.9 Å². The molecule has 0 aromatic carbocycles. The van der Waals surface area contributed by atoms with Gasteiger partial charge in [-0.25, -0.2) is 0 Å². The van der Waals surface area contributed by atoms with Crippen molar-refractivity contribution in [2.45, 2.75) is 26.2 Å². The van der Waals surface area contributed by atoms with E-state index < -0.39 is 0 Å². The van der Waals surface area contributed by atoms with Crippen LogP contribution in [0.25, 0.3) is 0 Å². The average molecular weight is 245 g/mol. The lowest BCUT2D eigenvalue weighted by Crippen LogP contribution is -2.38. The number of hydrogen-bond donors (Lipinski definition) is 2. The third-order valence-corrected chi connectivity index (χ3v) is 2.24. The predicted octanol–water partition coefficient (Wildman–Crippen LogP) is 1.00. The van der Waals surface area contributed by atoms with Crippen LogP contribution in [0, 0.1) is 0 Å². The molecule has 0 fully saturated rings. The molecular weight excluding hydrogens is 218 g/mol. The van der Waals surface area contributed by atoms with Crippen molar-refractivity contribution < 1.29 is 9.47 Å². The highest BCUT2D eigenvalue weighted by atomic mass is 16.5. The smallest absolute Gasteiger partial charge is 0.190 e. The molecule has 0 aliphatic rings. The molecule has 0 atom stereocenters. The molecule has 102 valence electrons. The maximum atomic E-state index is 5.36. The first-order valence-corrected chi connectivity index (χ1v) is 6.36. The summed E-state index contributed by atoms with van der Waals surface area (Å²) < 4.78 is 10.3. The van der Waals surface area contributed by atoms with Crippen LogP contribution in [0.5, 0.6) is 0 Å². The third-order valence-electron chi connectivity index (χ3n) is 2.24. The quantitative estimate of drug-likeness (QED) is 0.342. The molecule has 0 spiro atoms. The lowest BCUT2D eigenvalue weighted by molar-refractivity contribution is 0.0698. The van der Waals surface area contributed by atoms with Crippen LogP contribution in [-0.4, -0.2) is 53.0 Å². The van der Waals surface area contributed by atoms with Crippen molar-refractivity contribution in [3.8, 4) is 0 Å². The molecule has 2 N–H and O–H groups in total. The largest absolute Gasteiger partial charge is 0.382 e. The minimum atomic E-state index is 0.660. The summed E-state index contributed by atoms with van der Waals surface area (Å²) in [5.74, 6) is 0.871. The Hall–Kier alpha value is -0.810. The Morgan fingerprint density at radius 2 is 1.76 bits per heavy atom. The number of hydrogen-bond acceptors (Lipinski definition) is 3. The molecule has 0 saturated carbocycles. The first-order chi connectivity index (χ1) is 8.35. The molecule has 0 unspecified atom stereocenters. The molecule has 0 aromatic rings. The van der Waals surface area contributed by atoms with Crippen LogP contribution >= 0.6 is 0 Å². The zero-order valence-electron chi connectivity index (χ0n) is 11.4. The molecule has 5 nitrogen and oxygen atoms in total. The van der Waals surface area contributed by atoms with E-state index >= 15 is 0 Å². The van der Waals surface area contributed by atoms with E-state index in [0.29, 0.717) is 13.2 Å². The zero-order valence-corrected chi connectivity index (χ0v) is 11.4. The van der Waals surface area contributed by atoms with Crippen LogP contribution in [0.1, 0.15) is 26.2 Å². The molecule has 0 amide bonds. The fourth-order valence-corrected chi connectivity index (χ4v) is 1.23. The molecule has 0 rings (SSSR count). The summed E-state index contributed by atoms with van der Waals surface area (Å²) in [7, 11) is 3.47. The van der Waals surface area contributed by atoms with Gasteiger partial charge >= 0.3 is 0 Å². The Bertz CT molecular complexity index is 187. The number of methoxy groups -OCH3 is 1. The first kappa shape index (κ1) is 16.2. The van der Waals surface area contributed by atoms with Gasteiger partial charge < -0.3 is 20.1 Å². The molecule has 0 aliphatic heterocycles. The fraction of sp³-hybridized carbons (Fsp3) is 0.917. The molecule has 17 heavy (non-hydrogen) atoms. The van der Waals surface area contributed by atoms with E-state index in [2.05, 4.69) is 22.5 Å². The van der Waals surface area contributed by atoms with E-state index in [1.807, 2.05) is 0 Å². The minimum Gasteiger partial charge on any atom is -0.382 e. The maximum absolute atomic E-state index is 5.36. The molecule has 0 bridgehead atoms. The summed E-state index contributed by atoms with van der Waals surface area (Å²) >= 11 is 0. The van der Waals surface area contributed by atoms with Gasteiger partial charge in [0.1, 0.15) is 0 Å². The summed E-state index contributed by atoms with van der Waals surface area (Å²) in [6.07, 6.45) is 3.33. The van der Waals surface area contributed by atoms with Gasteiger partial charge in [-0.15, -0.1) is 0 Å². The minimum absolute atomic E-state index is 0.660. The molecule has 0 saturated heterocycles. The van der Waals surface area contributed by atoms with E-state index in [0.717, 1.165) is 32.1 Å². The van der Waals surface area contributed by atoms with Crippen molar-refractivity contribution >= 4 is 5.96 Å². The number of nitrogens with one attached hydrogen (secondary N) is 2. The highest BCUT2D eigenvalue weighted by Crippen LogP contribution is 1.84. The second-order valence-corrected chi connectivity index (χ2v) is 3.74. The molecule has 0 aliphatic carbocycles. The second kappa shape index (κ2) is 13.3.